The highest BCUT2D eigenvalue weighted by atomic mass is 16.5. The standard InChI is InChI=1S/C20H24N2O2/c1-14(2)13-24-18-9-7-17(8-10-18)21-12-20(23)22-19-11-15(3)5-6-16(19)4/h5-11,21H,1,12-13H2,2-4H3,(H,22,23). The molecule has 2 aromatic carbocycles. The molecule has 0 bridgehead atoms. The van der Waals surface area contributed by atoms with Crippen molar-refractivity contribution in [2.75, 3.05) is 23.8 Å². The highest BCUT2D eigenvalue weighted by Crippen LogP contribution is 2.17. The van der Waals surface area contributed by atoms with Crippen LogP contribution >= 0.6 is 0 Å². The fraction of sp³-hybridized carbons (Fsp3) is 0.250. The molecule has 2 N–H and O–H groups in total. The van der Waals surface area contributed by atoms with E-state index < -0.39 is 0 Å². The molecule has 0 saturated heterocycles. The van der Waals surface area contributed by atoms with Gasteiger partial charge >= 0.3 is 0 Å². The van der Waals surface area contributed by atoms with Gasteiger partial charge in [0.25, 0.3) is 0 Å². The maximum Gasteiger partial charge on any atom is 0.243 e. The molecule has 0 fully saturated rings. The largest absolute Gasteiger partial charge is 0.489 e. The van der Waals surface area contributed by atoms with Crippen LogP contribution in [-0.2, 0) is 4.79 Å². The lowest BCUT2D eigenvalue weighted by Gasteiger charge is -2.11. The predicted octanol–water partition coefficient (Wildman–Crippen LogP) is 4.31. The van der Waals surface area contributed by atoms with Crippen LogP contribution in [0.15, 0.2) is 54.6 Å². The van der Waals surface area contributed by atoms with Gasteiger partial charge in [-0.25, -0.2) is 0 Å². The number of anilines is 2. The Kier molecular flexibility index (Phi) is 6.01. The maximum absolute atomic E-state index is 12.1. The summed E-state index contributed by atoms with van der Waals surface area (Å²) in [6.45, 7) is 10.4. The van der Waals surface area contributed by atoms with E-state index in [1.807, 2.05) is 63.2 Å². The van der Waals surface area contributed by atoms with Gasteiger partial charge in [0.05, 0.1) is 6.54 Å². The van der Waals surface area contributed by atoms with Crippen molar-refractivity contribution in [1.82, 2.24) is 0 Å². The maximum atomic E-state index is 12.1. The van der Waals surface area contributed by atoms with Gasteiger partial charge in [-0.1, -0.05) is 18.7 Å². The molecule has 0 saturated carbocycles. The van der Waals surface area contributed by atoms with Gasteiger partial charge in [-0.2, -0.15) is 0 Å². The molecule has 0 spiro atoms. The zero-order valence-electron chi connectivity index (χ0n) is 14.5. The van der Waals surface area contributed by atoms with Gasteiger partial charge in [-0.05, 0) is 67.8 Å². The Labute approximate surface area is 143 Å². The molecule has 4 heteroatoms. The number of nitrogens with one attached hydrogen (secondary N) is 2. The number of ether oxygens (including phenoxy) is 1. The lowest BCUT2D eigenvalue weighted by molar-refractivity contribution is -0.114. The van der Waals surface area contributed by atoms with E-state index in [4.69, 9.17) is 4.74 Å². The fourth-order valence-corrected chi connectivity index (χ4v) is 2.12. The minimum Gasteiger partial charge on any atom is -0.489 e. The minimum atomic E-state index is -0.0775. The molecule has 2 aromatic rings. The summed E-state index contributed by atoms with van der Waals surface area (Å²) in [5, 5.41) is 6.04. The zero-order chi connectivity index (χ0) is 17.5. The van der Waals surface area contributed by atoms with Crippen molar-refractivity contribution in [2.45, 2.75) is 20.8 Å². The van der Waals surface area contributed by atoms with Crippen molar-refractivity contribution in [3.8, 4) is 5.75 Å². The van der Waals surface area contributed by atoms with E-state index >= 15 is 0 Å². The Morgan fingerprint density at radius 3 is 2.50 bits per heavy atom. The third kappa shape index (κ3) is 5.47. The van der Waals surface area contributed by atoms with Gasteiger partial charge in [0.2, 0.25) is 5.91 Å². The first-order valence-electron chi connectivity index (χ1n) is 7.92. The summed E-state index contributed by atoms with van der Waals surface area (Å²) in [6, 6.07) is 13.5. The van der Waals surface area contributed by atoms with Gasteiger partial charge < -0.3 is 15.4 Å². The molecule has 0 aliphatic heterocycles. The fourth-order valence-electron chi connectivity index (χ4n) is 2.12. The molecule has 0 heterocycles. The topological polar surface area (TPSA) is 50.4 Å². The second kappa shape index (κ2) is 8.20. The van der Waals surface area contributed by atoms with Crippen molar-refractivity contribution in [1.29, 1.82) is 0 Å². The highest BCUT2D eigenvalue weighted by Gasteiger charge is 2.05. The third-order valence-corrected chi connectivity index (χ3v) is 3.46. The summed E-state index contributed by atoms with van der Waals surface area (Å²) >= 11 is 0. The molecule has 24 heavy (non-hydrogen) atoms. The summed E-state index contributed by atoms with van der Waals surface area (Å²) in [5.41, 5.74) is 4.86. The Balaban J connectivity index is 1.85. The summed E-state index contributed by atoms with van der Waals surface area (Å²) in [5.74, 6) is 0.703. The van der Waals surface area contributed by atoms with Gasteiger partial charge in [-0.15, -0.1) is 0 Å². The van der Waals surface area contributed by atoms with E-state index in [1.54, 1.807) is 0 Å². The van der Waals surface area contributed by atoms with Gasteiger partial charge in [0, 0.05) is 11.4 Å². The van der Waals surface area contributed by atoms with E-state index in [9.17, 15) is 4.79 Å². The van der Waals surface area contributed by atoms with Crippen molar-refractivity contribution in [2.24, 2.45) is 0 Å². The first-order valence-corrected chi connectivity index (χ1v) is 7.92. The van der Waals surface area contributed by atoms with Crippen LogP contribution < -0.4 is 15.4 Å². The molecule has 4 nitrogen and oxygen atoms in total. The van der Waals surface area contributed by atoms with Crippen LogP contribution in [0.2, 0.25) is 0 Å². The summed E-state index contributed by atoms with van der Waals surface area (Å²) in [6.07, 6.45) is 0. The highest BCUT2D eigenvalue weighted by molar-refractivity contribution is 5.94. The molecule has 0 aromatic heterocycles. The number of benzene rings is 2. The van der Waals surface area contributed by atoms with E-state index in [0.29, 0.717) is 6.61 Å². The van der Waals surface area contributed by atoms with Crippen LogP contribution in [0.3, 0.4) is 0 Å². The normalized spacial score (nSPS) is 10.1. The average Bonchev–Trinajstić information content (AvgIpc) is 2.55. The van der Waals surface area contributed by atoms with Crippen molar-refractivity contribution < 1.29 is 9.53 Å². The Morgan fingerprint density at radius 1 is 1.12 bits per heavy atom. The van der Waals surface area contributed by atoms with Gasteiger partial charge in [0.15, 0.2) is 0 Å². The third-order valence-electron chi connectivity index (χ3n) is 3.46. The molecule has 0 aliphatic rings. The Morgan fingerprint density at radius 2 is 1.83 bits per heavy atom. The smallest absolute Gasteiger partial charge is 0.243 e. The molecule has 126 valence electrons. The number of amides is 1. The lowest BCUT2D eigenvalue weighted by Crippen LogP contribution is -2.22. The van der Waals surface area contributed by atoms with Crippen LogP contribution in [0.1, 0.15) is 18.1 Å². The molecule has 0 aliphatic carbocycles. The molecule has 2 rings (SSSR count). The molecule has 0 radical (unpaired) electrons. The van der Waals surface area contributed by atoms with Crippen LogP contribution in [0.4, 0.5) is 11.4 Å². The SMILES string of the molecule is C=C(C)COc1ccc(NCC(=O)Nc2cc(C)ccc2C)cc1. The Bertz CT molecular complexity index is 721. The average molecular weight is 324 g/mol. The predicted molar refractivity (Wildman–Crippen MR) is 99.8 cm³/mol. The first-order chi connectivity index (χ1) is 11.4. The van der Waals surface area contributed by atoms with E-state index in [2.05, 4.69) is 17.2 Å². The quantitative estimate of drug-likeness (QED) is 0.746. The second-order valence-electron chi connectivity index (χ2n) is 5.99. The van der Waals surface area contributed by atoms with E-state index in [0.717, 1.165) is 33.8 Å². The van der Waals surface area contributed by atoms with Crippen LogP contribution in [0, 0.1) is 13.8 Å². The first kappa shape index (κ1) is 17.6. The molecular weight excluding hydrogens is 300 g/mol. The molecular formula is C20H24N2O2. The number of rotatable bonds is 7. The summed E-state index contributed by atoms with van der Waals surface area (Å²) in [7, 11) is 0. The van der Waals surface area contributed by atoms with E-state index in [1.165, 1.54) is 0 Å². The van der Waals surface area contributed by atoms with E-state index in [-0.39, 0.29) is 12.5 Å². The summed E-state index contributed by atoms with van der Waals surface area (Å²) in [4.78, 5) is 12.1. The van der Waals surface area contributed by atoms with Crippen LogP contribution in [0.25, 0.3) is 0 Å². The number of hydrogen-bond acceptors (Lipinski definition) is 3. The minimum absolute atomic E-state index is 0.0775. The molecule has 0 unspecified atom stereocenters. The molecule has 1 amide bonds. The van der Waals surface area contributed by atoms with Crippen LogP contribution in [-0.4, -0.2) is 19.1 Å². The lowest BCUT2D eigenvalue weighted by atomic mass is 10.1. The number of aryl methyl sites for hydroxylation is 2. The number of hydrogen-bond donors (Lipinski definition) is 2. The number of carbonyl (C=O) groups is 1. The van der Waals surface area contributed by atoms with Crippen molar-refractivity contribution in [3.63, 3.8) is 0 Å². The monoisotopic (exact) mass is 324 g/mol. The van der Waals surface area contributed by atoms with Crippen LogP contribution in [0.5, 0.6) is 5.75 Å². The van der Waals surface area contributed by atoms with Gasteiger partial charge in [-0.3, -0.25) is 4.79 Å². The zero-order valence-corrected chi connectivity index (χ0v) is 14.5. The number of carbonyl (C=O) groups excluding carboxylic acids is 1. The summed E-state index contributed by atoms with van der Waals surface area (Å²) < 4.78 is 5.54. The van der Waals surface area contributed by atoms with Gasteiger partial charge in [0.1, 0.15) is 12.4 Å². The molecule has 0 atom stereocenters. The second-order valence-corrected chi connectivity index (χ2v) is 5.99. The Hall–Kier alpha value is -2.75. The van der Waals surface area contributed by atoms with Crippen molar-refractivity contribution in [3.05, 3.63) is 65.7 Å². The van der Waals surface area contributed by atoms with Crippen molar-refractivity contribution >= 4 is 17.3 Å².